The molecule has 0 aromatic heterocycles. The Balaban J connectivity index is 1.65. The highest BCUT2D eigenvalue weighted by atomic mass is 16.5. The van der Waals surface area contributed by atoms with E-state index in [2.05, 4.69) is 5.32 Å². The van der Waals surface area contributed by atoms with Gasteiger partial charge < -0.3 is 14.8 Å². The molecule has 0 spiro atoms. The van der Waals surface area contributed by atoms with Crippen LogP contribution in [-0.2, 0) is 11.2 Å². The number of amides is 2. The van der Waals surface area contributed by atoms with Crippen molar-refractivity contribution in [1.82, 2.24) is 10.2 Å². The third-order valence-electron chi connectivity index (χ3n) is 5.52. The molecule has 2 aromatic rings. The number of hydrogen-bond donors (Lipinski definition) is 1. The Morgan fingerprint density at radius 3 is 2.23 bits per heavy atom. The first kappa shape index (κ1) is 19.7. The molecule has 2 aliphatic heterocycles. The summed E-state index contributed by atoms with van der Waals surface area (Å²) in [6, 6.07) is 9.41. The van der Waals surface area contributed by atoms with Crippen LogP contribution in [0.2, 0.25) is 0 Å². The van der Waals surface area contributed by atoms with Gasteiger partial charge in [-0.1, -0.05) is 12.1 Å². The maximum absolute atomic E-state index is 13.0. The Morgan fingerprint density at radius 1 is 1.03 bits per heavy atom. The van der Waals surface area contributed by atoms with Crippen molar-refractivity contribution in [3.05, 3.63) is 64.7 Å². The summed E-state index contributed by atoms with van der Waals surface area (Å²) in [4.78, 5) is 39.4. The van der Waals surface area contributed by atoms with E-state index in [0.717, 1.165) is 22.4 Å². The number of carbonyl (C=O) groups is 3. The Hall–Kier alpha value is -3.61. The fourth-order valence-corrected chi connectivity index (χ4v) is 3.88. The largest absolute Gasteiger partial charge is 0.493 e. The first-order valence-electron chi connectivity index (χ1n) is 9.68. The second-order valence-corrected chi connectivity index (χ2v) is 7.20. The maximum atomic E-state index is 13.0. The van der Waals surface area contributed by atoms with E-state index >= 15 is 0 Å². The number of hydrogen-bond acceptors (Lipinski definition) is 6. The van der Waals surface area contributed by atoms with Crippen LogP contribution in [0.1, 0.15) is 38.8 Å². The lowest BCUT2D eigenvalue weighted by molar-refractivity contribution is -0.117. The predicted molar refractivity (Wildman–Crippen MR) is 111 cm³/mol. The van der Waals surface area contributed by atoms with E-state index in [9.17, 15) is 14.4 Å². The molecule has 1 atom stereocenters. The lowest BCUT2D eigenvalue weighted by Gasteiger charge is -2.24. The first-order valence-corrected chi connectivity index (χ1v) is 9.68. The lowest BCUT2D eigenvalue weighted by atomic mass is 9.95. The molecule has 7 nitrogen and oxygen atoms in total. The minimum atomic E-state index is -0.919. The van der Waals surface area contributed by atoms with Crippen molar-refractivity contribution in [2.75, 3.05) is 20.8 Å². The van der Waals surface area contributed by atoms with Gasteiger partial charge in [0.1, 0.15) is 6.04 Å². The van der Waals surface area contributed by atoms with Gasteiger partial charge in [-0.15, -0.1) is 0 Å². The number of ether oxygens (including phenoxy) is 2. The van der Waals surface area contributed by atoms with Crippen LogP contribution in [0.15, 0.2) is 42.5 Å². The molecule has 0 unspecified atom stereocenters. The summed E-state index contributed by atoms with van der Waals surface area (Å²) in [5.74, 6) is -0.0407. The van der Waals surface area contributed by atoms with Crippen LogP contribution in [0.4, 0.5) is 0 Å². The maximum Gasteiger partial charge on any atom is 0.262 e. The van der Waals surface area contributed by atoms with E-state index in [0.29, 0.717) is 34.9 Å². The van der Waals surface area contributed by atoms with Crippen LogP contribution < -0.4 is 14.8 Å². The van der Waals surface area contributed by atoms with Crippen molar-refractivity contribution in [1.29, 1.82) is 0 Å². The number of imide groups is 1. The van der Waals surface area contributed by atoms with E-state index in [1.807, 2.05) is 12.1 Å². The lowest BCUT2D eigenvalue weighted by Crippen LogP contribution is -2.42. The van der Waals surface area contributed by atoms with Gasteiger partial charge in [0, 0.05) is 23.9 Å². The van der Waals surface area contributed by atoms with Gasteiger partial charge in [-0.2, -0.15) is 0 Å². The fourth-order valence-electron chi connectivity index (χ4n) is 3.88. The van der Waals surface area contributed by atoms with Crippen LogP contribution >= 0.6 is 0 Å². The van der Waals surface area contributed by atoms with Gasteiger partial charge in [-0.25, -0.2) is 0 Å². The molecule has 0 bridgehead atoms. The van der Waals surface area contributed by atoms with Crippen LogP contribution in [0.5, 0.6) is 11.5 Å². The van der Waals surface area contributed by atoms with Gasteiger partial charge >= 0.3 is 0 Å². The Labute approximate surface area is 174 Å². The second kappa shape index (κ2) is 7.67. The molecule has 1 N–H and O–H groups in total. The molecule has 0 radical (unpaired) electrons. The van der Waals surface area contributed by atoms with Crippen molar-refractivity contribution in [3.8, 4) is 11.5 Å². The standard InChI is InChI=1S/C23H22N2O5/c1-13(25-22(27)15-6-4-5-7-16(15)23(25)28)19(26)12-18-17-11-21(30-3)20(29-2)10-14(17)8-9-24-18/h4-7,10-13,24H,8-9H2,1-3H3/b18-12-/t13-/m1/s1. The Kier molecular flexibility index (Phi) is 5.03. The van der Waals surface area contributed by atoms with Gasteiger partial charge in [0.2, 0.25) is 0 Å². The second-order valence-electron chi connectivity index (χ2n) is 7.20. The van der Waals surface area contributed by atoms with E-state index in [1.54, 1.807) is 45.4 Å². The summed E-state index contributed by atoms with van der Waals surface area (Å²) in [7, 11) is 3.13. The minimum absolute atomic E-state index is 0.327. The first-order chi connectivity index (χ1) is 14.5. The minimum Gasteiger partial charge on any atom is -0.493 e. The summed E-state index contributed by atoms with van der Waals surface area (Å²) in [5, 5.41) is 3.24. The molecule has 30 heavy (non-hydrogen) atoms. The SMILES string of the molecule is COc1cc2c(cc1OC)/C(=C/C(=O)[C@@H](C)N1C(=O)c3ccccc3C1=O)NCC2. The normalized spacial score (nSPS) is 17.3. The smallest absolute Gasteiger partial charge is 0.262 e. The highest BCUT2D eigenvalue weighted by Gasteiger charge is 2.40. The van der Waals surface area contributed by atoms with Gasteiger partial charge in [0.15, 0.2) is 17.3 Å². The summed E-state index contributed by atoms with van der Waals surface area (Å²) >= 11 is 0. The molecule has 7 heteroatoms. The highest BCUT2D eigenvalue weighted by Crippen LogP contribution is 2.35. The van der Waals surface area contributed by atoms with E-state index in [-0.39, 0.29) is 5.78 Å². The number of benzene rings is 2. The molecule has 2 aliphatic rings. The third kappa shape index (κ3) is 3.12. The number of ketones is 1. The van der Waals surface area contributed by atoms with Crippen molar-refractivity contribution in [2.24, 2.45) is 0 Å². The van der Waals surface area contributed by atoms with Crippen LogP contribution in [-0.4, -0.2) is 49.3 Å². The molecule has 2 aromatic carbocycles. The van der Waals surface area contributed by atoms with Gasteiger partial charge in [-0.3, -0.25) is 19.3 Å². The van der Waals surface area contributed by atoms with Crippen molar-refractivity contribution >= 4 is 23.3 Å². The monoisotopic (exact) mass is 406 g/mol. The topological polar surface area (TPSA) is 84.9 Å². The number of nitrogens with one attached hydrogen (secondary N) is 1. The van der Waals surface area contributed by atoms with E-state index < -0.39 is 17.9 Å². The molecule has 4 rings (SSSR count). The molecule has 0 fully saturated rings. The zero-order valence-electron chi connectivity index (χ0n) is 17.0. The number of nitrogens with zero attached hydrogens (tertiary/aromatic N) is 1. The molecule has 0 saturated carbocycles. The zero-order valence-corrected chi connectivity index (χ0v) is 17.0. The van der Waals surface area contributed by atoms with Crippen LogP contribution in [0, 0.1) is 0 Å². The Morgan fingerprint density at radius 2 is 1.63 bits per heavy atom. The van der Waals surface area contributed by atoms with Crippen LogP contribution in [0.3, 0.4) is 0 Å². The summed E-state index contributed by atoms with van der Waals surface area (Å²) in [6.45, 7) is 2.22. The number of methoxy groups -OCH3 is 2. The summed E-state index contributed by atoms with van der Waals surface area (Å²) in [6.07, 6.45) is 2.23. The van der Waals surface area contributed by atoms with E-state index in [4.69, 9.17) is 9.47 Å². The number of rotatable bonds is 5. The van der Waals surface area contributed by atoms with Gasteiger partial charge in [0.05, 0.1) is 25.3 Å². The average molecular weight is 406 g/mol. The predicted octanol–water partition coefficient (Wildman–Crippen LogP) is 2.44. The molecular weight excluding hydrogens is 384 g/mol. The van der Waals surface area contributed by atoms with Crippen LogP contribution in [0.25, 0.3) is 5.70 Å². The fraction of sp³-hybridized carbons (Fsp3) is 0.261. The quantitative estimate of drug-likeness (QED) is 0.607. The van der Waals surface area contributed by atoms with Gasteiger partial charge in [-0.05, 0) is 43.2 Å². The average Bonchev–Trinajstić information content (AvgIpc) is 3.02. The molecule has 2 amide bonds. The van der Waals surface area contributed by atoms with E-state index in [1.165, 1.54) is 6.08 Å². The summed E-state index contributed by atoms with van der Waals surface area (Å²) in [5.41, 5.74) is 3.15. The summed E-state index contributed by atoms with van der Waals surface area (Å²) < 4.78 is 10.8. The Bertz CT molecular complexity index is 1050. The third-order valence-corrected chi connectivity index (χ3v) is 5.52. The van der Waals surface area contributed by atoms with Crippen molar-refractivity contribution < 1.29 is 23.9 Å². The van der Waals surface area contributed by atoms with Gasteiger partial charge in [0.25, 0.3) is 11.8 Å². The molecule has 0 saturated heterocycles. The van der Waals surface area contributed by atoms with Crippen molar-refractivity contribution in [3.63, 3.8) is 0 Å². The molecule has 2 heterocycles. The molecule has 154 valence electrons. The van der Waals surface area contributed by atoms with Crippen molar-refractivity contribution in [2.45, 2.75) is 19.4 Å². The number of carbonyl (C=O) groups excluding carboxylic acids is 3. The number of fused-ring (bicyclic) bond motifs is 2. The molecular formula is C23H22N2O5. The highest BCUT2D eigenvalue weighted by molar-refractivity contribution is 6.23. The zero-order chi connectivity index (χ0) is 21.4. The molecule has 0 aliphatic carbocycles.